The van der Waals surface area contributed by atoms with E-state index in [1.165, 1.54) is 0 Å². The van der Waals surface area contributed by atoms with E-state index in [-0.39, 0.29) is 12.3 Å². The van der Waals surface area contributed by atoms with E-state index in [9.17, 15) is 4.79 Å². The zero-order chi connectivity index (χ0) is 11.4. The molecule has 2 nitrogen and oxygen atoms in total. The van der Waals surface area contributed by atoms with E-state index < -0.39 is 0 Å². The molecule has 1 N–H and O–H groups in total. The Kier molecular flexibility index (Phi) is 3.13. The van der Waals surface area contributed by atoms with Gasteiger partial charge in [0.25, 0.3) is 0 Å². The molecule has 0 aliphatic rings. The van der Waals surface area contributed by atoms with Gasteiger partial charge in [0.2, 0.25) is 0 Å². The van der Waals surface area contributed by atoms with Crippen molar-refractivity contribution in [1.82, 2.24) is 5.73 Å². The molecular weight excluding hydrogens is 198 g/mol. The van der Waals surface area contributed by atoms with Crippen LogP contribution in [0.4, 0.5) is 0 Å². The van der Waals surface area contributed by atoms with Crippen molar-refractivity contribution >= 4 is 5.78 Å². The van der Waals surface area contributed by atoms with Gasteiger partial charge >= 0.3 is 0 Å². The Labute approximate surface area is 94.7 Å². The first-order chi connectivity index (χ1) is 7.83. The zero-order valence-corrected chi connectivity index (χ0v) is 8.81. The predicted molar refractivity (Wildman–Crippen MR) is 63.1 cm³/mol. The van der Waals surface area contributed by atoms with Crippen LogP contribution >= 0.6 is 0 Å². The molecule has 2 aromatic carbocycles. The van der Waals surface area contributed by atoms with Crippen molar-refractivity contribution in [3.8, 4) is 0 Å². The van der Waals surface area contributed by atoms with Crippen LogP contribution in [0.15, 0.2) is 54.6 Å². The minimum atomic E-state index is -0.0107. The summed E-state index contributed by atoms with van der Waals surface area (Å²) in [6.07, 6.45) is 0. The lowest BCUT2D eigenvalue weighted by Gasteiger charge is -2.05. The first-order valence-electron chi connectivity index (χ1n) is 5.15. The Morgan fingerprint density at radius 1 is 0.938 bits per heavy atom. The highest BCUT2D eigenvalue weighted by molar-refractivity contribution is 6.09. The molecule has 2 rings (SSSR count). The van der Waals surface area contributed by atoms with Crippen LogP contribution in [-0.4, -0.2) is 5.78 Å². The summed E-state index contributed by atoms with van der Waals surface area (Å²) < 4.78 is 0. The molecule has 0 unspecified atom stereocenters. The van der Waals surface area contributed by atoms with Crippen LogP contribution in [0.2, 0.25) is 0 Å². The molecule has 0 aliphatic carbocycles. The van der Waals surface area contributed by atoms with Crippen molar-refractivity contribution in [3.05, 3.63) is 71.3 Å². The van der Waals surface area contributed by atoms with Gasteiger partial charge in [0.05, 0.1) is 0 Å². The number of benzene rings is 2. The number of carbonyl (C=O) groups excluding carboxylic acids is 1. The molecule has 16 heavy (non-hydrogen) atoms. The number of hydrogen-bond acceptors (Lipinski definition) is 1. The monoisotopic (exact) mass is 210 g/mol. The lowest BCUT2D eigenvalue weighted by atomic mass is 9.98. The Hall–Kier alpha value is -1.93. The maximum atomic E-state index is 12.1. The van der Waals surface area contributed by atoms with Gasteiger partial charge in [-0.05, 0) is 5.56 Å². The van der Waals surface area contributed by atoms with Crippen LogP contribution in [0.5, 0.6) is 0 Å². The van der Waals surface area contributed by atoms with E-state index in [1.807, 2.05) is 36.4 Å². The lowest BCUT2D eigenvalue weighted by Crippen LogP contribution is -2.05. The molecule has 79 valence electrons. The fourth-order valence-corrected chi connectivity index (χ4v) is 1.64. The van der Waals surface area contributed by atoms with Crippen molar-refractivity contribution in [2.75, 3.05) is 0 Å². The van der Waals surface area contributed by atoms with E-state index in [0.29, 0.717) is 11.1 Å². The van der Waals surface area contributed by atoms with Gasteiger partial charge in [-0.15, -0.1) is 0 Å². The fourth-order valence-electron chi connectivity index (χ4n) is 1.64. The van der Waals surface area contributed by atoms with Crippen molar-refractivity contribution in [3.63, 3.8) is 0 Å². The predicted octanol–water partition coefficient (Wildman–Crippen LogP) is 2.70. The minimum absolute atomic E-state index is 0.0107. The summed E-state index contributed by atoms with van der Waals surface area (Å²) >= 11 is 0. The molecule has 0 bridgehead atoms. The second-order valence-corrected chi connectivity index (χ2v) is 3.53. The molecule has 0 spiro atoms. The van der Waals surface area contributed by atoms with Crippen LogP contribution in [0.25, 0.3) is 0 Å². The molecule has 0 aliphatic heterocycles. The Bertz CT molecular complexity index is 491. The highest BCUT2D eigenvalue weighted by Gasteiger charge is 2.11. The Balaban J connectivity index is 2.42. The second-order valence-electron chi connectivity index (χ2n) is 3.53. The first-order valence-corrected chi connectivity index (χ1v) is 5.15. The SMILES string of the molecule is [NH]Cc1ccccc1C(=O)c1ccccc1. The topological polar surface area (TPSA) is 40.9 Å². The molecule has 0 heterocycles. The standard InChI is InChI=1S/C14H12NO/c15-10-12-8-4-5-9-13(12)14(16)11-6-2-1-3-7-11/h1-9,15H,10H2. The van der Waals surface area contributed by atoms with Gasteiger partial charge in [0.1, 0.15) is 0 Å². The van der Waals surface area contributed by atoms with Crippen molar-refractivity contribution in [2.45, 2.75) is 6.54 Å². The van der Waals surface area contributed by atoms with E-state index in [0.717, 1.165) is 5.56 Å². The highest BCUT2D eigenvalue weighted by Crippen LogP contribution is 2.14. The first kappa shape index (κ1) is 10.6. The summed E-state index contributed by atoms with van der Waals surface area (Å²) in [5.41, 5.74) is 9.46. The molecule has 0 saturated carbocycles. The van der Waals surface area contributed by atoms with Gasteiger partial charge in [-0.2, -0.15) is 0 Å². The third-order valence-electron chi connectivity index (χ3n) is 2.49. The smallest absolute Gasteiger partial charge is 0.193 e. The molecule has 2 aromatic rings. The van der Waals surface area contributed by atoms with Crippen LogP contribution in [0.3, 0.4) is 0 Å². The average Bonchev–Trinajstić information content (AvgIpc) is 2.39. The normalized spacial score (nSPS) is 10.1. The third kappa shape index (κ3) is 2.02. The van der Waals surface area contributed by atoms with E-state index in [2.05, 4.69) is 0 Å². The van der Waals surface area contributed by atoms with Gasteiger partial charge in [-0.25, -0.2) is 0 Å². The van der Waals surface area contributed by atoms with Crippen LogP contribution < -0.4 is 5.73 Å². The summed E-state index contributed by atoms with van der Waals surface area (Å²) in [7, 11) is 0. The number of rotatable bonds is 3. The summed E-state index contributed by atoms with van der Waals surface area (Å²) in [5, 5.41) is 0. The Morgan fingerprint density at radius 3 is 2.25 bits per heavy atom. The molecule has 0 aromatic heterocycles. The van der Waals surface area contributed by atoms with Crippen molar-refractivity contribution < 1.29 is 4.79 Å². The van der Waals surface area contributed by atoms with E-state index >= 15 is 0 Å². The fraction of sp³-hybridized carbons (Fsp3) is 0.0714. The van der Waals surface area contributed by atoms with Gasteiger partial charge in [0, 0.05) is 17.7 Å². The second kappa shape index (κ2) is 4.73. The molecule has 0 amide bonds. The molecular formula is C14H12NO. The lowest BCUT2D eigenvalue weighted by molar-refractivity contribution is 0.103. The number of carbonyl (C=O) groups is 1. The van der Waals surface area contributed by atoms with Crippen LogP contribution in [0, 0.1) is 0 Å². The summed E-state index contributed by atoms with van der Waals surface area (Å²) in [5.74, 6) is -0.0107. The molecule has 1 radical (unpaired) electrons. The largest absolute Gasteiger partial charge is 0.289 e. The van der Waals surface area contributed by atoms with Crippen molar-refractivity contribution in [2.24, 2.45) is 0 Å². The maximum Gasteiger partial charge on any atom is 0.193 e. The van der Waals surface area contributed by atoms with E-state index in [1.54, 1.807) is 18.2 Å². The van der Waals surface area contributed by atoms with E-state index in [4.69, 9.17) is 5.73 Å². The van der Waals surface area contributed by atoms with Gasteiger partial charge < -0.3 is 0 Å². The van der Waals surface area contributed by atoms with Gasteiger partial charge in [-0.3, -0.25) is 10.5 Å². The zero-order valence-electron chi connectivity index (χ0n) is 8.81. The maximum absolute atomic E-state index is 12.1. The number of hydrogen-bond donors (Lipinski definition) is 0. The third-order valence-corrected chi connectivity index (χ3v) is 2.49. The summed E-state index contributed by atoms with van der Waals surface area (Å²) in [6.45, 7) is 0.134. The minimum Gasteiger partial charge on any atom is -0.289 e. The molecule has 0 saturated heterocycles. The molecule has 2 heteroatoms. The Morgan fingerprint density at radius 2 is 1.56 bits per heavy atom. The van der Waals surface area contributed by atoms with Gasteiger partial charge in [-0.1, -0.05) is 54.6 Å². The van der Waals surface area contributed by atoms with Crippen LogP contribution in [-0.2, 0) is 6.54 Å². The summed E-state index contributed by atoms with van der Waals surface area (Å²) in [6, 6.07) is 16.4. The quantitative estimate of drug-likeness (QED) is 0.718. The molecule has 0 fully saturated rings. The van der Waals surface area contributed by atoms with Gasteiger partial charge in [0.15, 0.2) is 5.78 Å². The molecule has 0 atom stereocenters. The number of nitrogens with one attached hydrogen (secondary N) is 1. The number of ketones is 1. The average molecular weight is 210 g/mol. The highest BCUT2D eigenvalue weighted by atomic mass is 16.1. The van der Waals surface area contributed by atoms with Crippen molar-refractivity contribution in [1.29, 1.82) is 0 Å². The summed E-state index contributed by atoms with van der Waals surface area (Å²) in [4.78, 5) is 12.1. The van der Waals surface area contributed by atoms with Crippen LogP contribution in [0.1, 0.15) is 21.5 Å².